The number of carbonyl (C=O) groups excluding carboxylic acids is 2. The fourth-order valence-electron chi connectivity index (χ4n) is 1.92. The van der Waals surface area contributed by atoms with Gasteiger partial charge in [0.05, 0.1) is 7.11 Å². The molecular formula is C18H18ClNO5. The number of nitrogens with one attached hydrogen (secondary N) is 1. The van der Waals surface area contributed by atoms with E-state index >= 15 is 0 Å². The summed E-state index contributed by atoms with van der Waals surface area (Å²) in [6.07, 6.45) is 0. The third-order valence-corrected chi connectivity index (χ3v) is 3.38. The Morgan fingerprint density at radius 2 is 1.80 bits per heavy atom. The number of methoxy groups -OCH3 is 1. The van der Waals surface area contributed by atoms with Crippen LogP contribution in [0.3, 0.4) is 0 Å². The molecule has 2 aromatic rings. The first-order chi connectivity index (χ1) is 12.1. The Bertz CT molecular complexity index is 735. The van der Waals surface area contributed by atoms with Gasteiger partial charge in [-0.15, -0.1) is 0 Å². The molecule has 0 aliphatic heterocycles. The second kappa shape index (κ2) is 9.54. The maximum Gasteiger partial charge on any atom is 0.344 e. The summed E-state index contributed by atoms with van der Waals surface area (Å²) in [4.78, 5) is 23.3. The van der Waals surface area contributed by atoms with Crippen molar-refractivity contribution in [3.8, 4) is 11.5 Å². The number of esters is 1. The molecule has 1 N–H and O–H groups in total. The SMILES string of the molecule is COc1cccc(CNC(=O)COC(=O)COc2cccc(Cl)c2)c1. The van der Waals surface area contributed by atoms with Crippen molar-refractivity contribution in [2.45, 2.75) is 6.54 Å². The molecule has 0 spiro atoms. The first-order valence-electron chi connectivity index (χ1n) is 7.50. The van der Waals surface area contributed by atoms with E-state index in [0.29, 0.717) is 23.1 Å². The van der Waals surface area contributed by atoms with Crippen LogP contribution in [0.2, 0.25) is 5.02 Å². The smallest absolute Gasteiger partial charge is 0.344 e. The summed E-state index contributed by atoms with van der Waals surface area (Å²) in [5, 5.41) is 3.16. The number of ether oxygens (including phenoxy) is 3. The fourth-order valence-corrected chi connectivity index (χ4v) is 2.10. The van der Waals surface area contributed by atoms with Crippen molar-refractivity contribution in [1.82, 2.24) is 5.32 Å². The molecule has 0 aliphatic carbocycles. The van der Waals surface area contributed by atoms with Crippen molar-refractivity contribution >= 4 is 23.5 Å². The van der Waals surface area contributed by atoms with Gasteiger partial charge in [0.2, 0.25) is 0 Å². The highest BCUT2D eigenvalue weighted by Crippen LogP contribution is 2.17. The normalized spacial score (nSPS) is 10.0. The van der Waals surface area contributed by atoms with Gasteiger partial charge in [0, 0.05) is 11.6 Å². The summed E-state index contributed by atoms with van der Waals surface area (Å²) in [5.74, 6) is 0.110. The summed E-state index contributed by atoms with van der Waals surface area (Å²) in [6.45, 7) is -0.363. The standard InChI is InChI=1S/C18H18ClNO5/c1-23-15-6-2-4-13(8-15)10-20-17(21)11-25-18(22)12-24-16-7-3-5-14(19)9-16/h2-9H,10-12H2,1H3,(H,20,21). The minimum absolute atomic E-state index is 0.302. The van der Waals surface area contributed by atoms with Crippen LogP contribution in [0.4, 0.5) is 0 Å². The van der Waals surface area contributed by atoms with E-state index in [1.165, 1.54) is 0 Å². The summed E-state index contributed by atoms with van der Waals surface area (Å²) in [6, 6.07) is 13.9. The summed E-state index contributed by atoms with van der Waals surface area (Å²) in [5.41, 5.74) is 0.878. The van der Waals surface area contributed by atoms with E-state index in [-0.39, 0.29) is 13.2 Å². The lowest BCUT2D eigenvalue weighted by atomic mass is 10.2. The molecule has 0 fully saturated rings. The Morgan fingerprint density at radius 3 is 2.56 bits per heavy atom. The van der Waals surface area contributed by atoms with Crippen LogP contribution >= 0.6 is 11.6 Å². The Morgan fingerprint density at radius 1 is 1.04 bits per heavy atom. The van der Waals surface area contributed by atoms with Crippen LogP contribution in [0.1, 0.15) is 5.56 Å². The highest BCUT2D eigenvalue weighted by atomic mass is 35.5. The van der Waals surface area contributed by atoms with Gasteiger partial charge in [-0.3, -0.25) is 4.79 Å². The van der Waals surface area contributed by atoms with Crippen LogP contribution in [0.15, 0.2) is 48.5 Å². The molecule has 0 saturated heterocycles. The molecule has 0 atom stereocenters. The van der Waals surface area contributed by atoms with Crippen LogP contribution in [0, 0.1) is 0 Å². The van der Waals surface area contributed by atoms with Crippen LogP contribution in [-0.4, -0.2) is 32.2 Å². The lowest BCUT2D eigenvalue weighted by molar-refractivity contribution is -0.150. The number of hydrogen-bond donors (Lipinski definition) is 1. The van der Waals surface area contributed by atoms with Crippen molar-refractivity contribution < 1.29 is 23.8 Å². The zero-order chi connectivity index (χ0) is 18.1. The predicted octanol–water partition coefficient (Wildman–Crippen LogP) is 2.59. The van der Waals surface area contributed by atoms with Gasteiger partial charge in [0.15, 0.2) is 13.2 Å². The zero-order valence-corrected chi connectivity index (χ0v) is 14.4. The molecule has 25 heavy (non-hydrogen) atoms. The summed E-state index contributed by atoms with van der Waals surface area (Å²) < 4.78 is 15.2. The fraction of sp³-hybridized carbons (Fsp3) is 0.222. The van der Waals surface area contributed by atoms with Gasteiger partial charge in [0.1, 0.15) is 11.5 Å². The molecule has 0 aromatic heterocycles. The first-order valence-corrected chi connectivity index (χ1v) is 7.88. The molecule has 6 nitrogen and oxygen atoms in total. The monoisotopic (exact) mass is 363 g/mol. The van der Waals surface area contributed by atoms with E-state index in [1.54, 1.807) is 31.4 Å². The molecule has 1 amide bonds. The Labute approximate surface area is 150 Å². The van der Waals surface area contributed by atoms with Gasteiger partial charge in [-0.05, 0) is 35.9 Å². The second-order valence-electron chi connectivity index (χ2n) is 5.03. The summed E-state index contributed by atoms with van der Waals surface area (Å²) in [7, 11) is 1.57. The maximum atomic E-state index is 11.7. The molecule has 0 heterocycles. The number of hydrogen-bond acceptors (Lipinski definition) is 5. The van der Waals surface area contributed by atoms with Crippen molar-refractivity contribution in [3.05, 3.63) is 59.1 Å². The topological polar surface area (TPSA) is 73.9 Å². The molecule has 2 rings (SSSR count). The van der Waals surface area contributed by atoms with E-state index in [4.69, 9.17) is 25.8 Å². The van der Waals surface area contributed by atoms with Crippen molar-refractivity contribution in [3.63, 3.8) is 0 Å². The molecular weight excluding hydrogens is 346 g/mol. The van der Waals surface area contributed by atoms with Crippen LogP contribution in [-0.2, 0) is 20.9 Å². The number of benzene rings is 2. The highest BCUT2D eigenvalue weighted by molar-refractivity contribution is 6.30. The molecule has 0 aliphatic rings. The van der Waals surface area contributed by atoms with Gasteiger partial charge in [-0.25, -0.2) is 4.79 Å². The van der Waals surface area contributed by atoms with Crippen molar-refractivity contribution in [1.29, 1.82) is 0 Å². The van der Waals surface area contributed by atoms with Crippen LogP contribution in [0.5, 0.6) is 11.5 Å². The number of halogens is 1. The lowest BCUT2D eigenvalue weighted by Gasteiger charge is -2.09. The first kappa shape index (κ1) is 18.6. The average molecular weight is 364 g/mol. The Hall–Kier alpha value is -2.73. The molecule has 0 radical (unpaired) electrons. The minimum atomic E-state index is -0.642. The van der Waals surface area contributed by atoms with Crippen LogP contribution in [0.25, 0.3) is 0 Å². The molecule has 2 aromatic carbocycles. The Kier molecular flexibility index (Phi) is 7.10. The molecule has 0 bridgehead atoms. The summed E-state index contributed by atoms with van der Waals surface area (Å²) >= 11 is 5.81. The average Bonchev–Trinajstić information content (AvgIpc) is 2.63. The number of carbonyl (C=O) groups is 2. The zero-order valence-electron chi connectivity index (χ0n) is 13.7. The molecule has 132 valence electrons. The molecule has 0 unspecified atom stereocenters. The Balaban J connectivity index is 1.67. The number of amides is 1. The highest BCUT2D eigenvalue weighted by Gasteiger charge is 2.09. The minimum Gasteiger partial charge on any atom is -0.497 e. The van der Waals surface area contributed by atoms with E-state index in [9.17, 15) is 9.59 Å². The van der Waals surface area contributed by atoms with Crippen LogP contribution < -0.4 is 14.8 Å². The van der Waals surface area contributed by atoms with Gasteiger partial charge >= 0.3 is 5.97 Å². The number of rotatable bonds is 8. The largest absolute Gasteiger partial charge is 0.497 e. The predicted molar refractivity (Wildman–Crippen MR) is 92.7 cm³/mol. The van der Waals surface area contributed by atoms with E-state index in [1.807, 2.05) is 24.3 Å². The van der Waals surface area contributed by atoms with Gasteiger partial charge in [-0.1, -0.05) is 29.8 Å². The van der Waals surface area contributed by atoms with E-state index in [2.05, 4.69) is 5.32 Å². The third kappa shape index (κ3) is 6.73. The van der Waals surface area contributed by atoms with Gasteiger partial charge < -0.3 is 19.5 Å². The third-order valence-electron chi connectivity index (χ3n) is 3.14. The lowest BCUT2D eigenvalue weighted by Crippen LogP contribution is -2.29. The van der Waals surface area contributed by atoms with E-state index < -0.39 is 11.9 Å². The van der Waals surface area contributed by atoms with E-state index in [0.717, 1.165) is 5.56 Å². The molecule has 7 heteroatoms. The van der Waals surface area contributed by atoms with Gasteiger partial charge in [0.25, 0.3) is 5.91 Å². The van der Waals surface area contributed by atoms with Gasteiger partial charge in [-0.2, -0.15) is 0 Å². The molecule has 0 saturated carbocycles. The maximum absolute atomic E-state index is 11.7. The van der Waals surface area contributed by atoms with Crippen molar-refractivity contribution in [2.75, 3.05) is 20.3 Å². The quantitative estimate of drug-likeness (QED) is 0.730. The second-order valence-corrected chi connectivity index (χ2v) is 5.47. The van der Waals surface area contributed by atoms with Crippen molar-refractivity contribution in [2.24, 2.45) is 0 Å².